The third-order valence-electron chi connectivity index (χ3n) is 3.48. The first-order chi connectivity index (χ1) is 10.1. The number of methoxy groups -OCH3 is 1. The monoisotopic (exact) mass is 349 g/mol. The Bertz CT molecular complexity index is 628. The number of hydrogen-bond donors (Lipinski definition) is 1. The van der Waals surface area contributed by atoms with Crippen LogP contribution >= 0.6 is 15.9 Å². The third-order valence-corrected chi connectivity index (χ3v) is 3.98. The van der Waals surface area contributed by atoms with Gasteiger partial charge in [0.2, 0.25) is 0 Å². The van der Waals surface area contributed by atoms with E-state index in [9.17, 15) is 0 Å². The predicted molar refractivity (Wildman–Crippen MR) is 89.4 cm³/mol. The molecule has 0 fully saturated rings. The van der Waals surface area contributed by atoms with Crippen molar-refractivity contribution in [1.29, 1.82) is 0 Å². The van der Waals surface area contributed by atoms with Gasteiger partial charge in [-0.05, 0) is 50.7 Å². The van der Waals surface area contributed by atoms with Crippen molar-refractivity contribution in [1.82, 2.24) is 5.32 Å². The molecule has 0 radical (unpaired) electrons. The Labute approximate surface area is 134 Å². The maximum Gasteiger partial charge on any atom is 0.135 e. The normalized spacial score (nSPS) is 12.0. The van der Waals surface area contributed by atoms with Crippen molar-refractivity contribution in [2.24, 2.45) is 0 Å². The minimum atomic E-state index is 0.128. The molecule has 0 aliphatic rings. The Balaban J connectivity index is 2.46. The second kappa shape index (κ2) is 6.96. The molecule has 2 aromatic rings. The molecule has 0 aromatic heterocycles. The molecule has 1 unspecified atom stereocenters. The lowest BCUT2D eigenvalue weighted by Crippen LogP contribution is -2.14. The summed E-state index contributed by atoms with van der Waals surface area (Å²) in [4.78, 5) is 0. The number of nitrogens with one attached hydrogen (secondary N) is 1. The summed E-state index contributed by atoms with van der Waals surface area (Å²) < 4.78 is 12.6. The van der Waals surface area contributed by atoms with Crippen LogP contribution in [0.15, 0.2) is 40.9 Å². The summed E-state index contributed by atoms with van der Waals surface area (Å²) in [6.07, 6.45) is 0. The van der Waals surface area contributed by atoms with Gasteiger partial charge in [-0.1, -0.05) is 28.1 Å². The van der Waals surface area contributed by atoms with E-state index in [4.69, 9.17) is 9.47 Å². The van der Waals surface area contributed by atoms with Crippen LogP contribution in [0.3, 0.4) is 0 Å². The van der Waals surface area contributed by atoms with Crippen LogP contribution in [0.2, 0.25) is 0 Å². The van der Waals surface area contributed by atoms with Crippen LogP contribution in [-0.2, 0) is 0 Å². The van der Waals surface area contributed by atoms with Gasteiger partial charge in [0, 0.05) is 10.5 Å². The second-order valence-corrected chi connectivity index (χ2v) is 5.81. The minimum Gasteiger partial charge on any atom is -0.496 e. The fraction of sp³-hybridized carbons (Fsp3) is 0.294. The number of rotatable bonds is 5. The van der Waals surface area contributed by atoms with Crippen molar-refractivity contribution in [2.45, 2.75) is 19.9 Å². The lowest BCUT2D eigenvalue weighted by atomic mass is 10.1. The zero-order valence-electron chi connectivity index (χ0n) is 12.7. The SMILES string of the molecule is CNC(C)c1c(OC)cccc1Oc1cc(Br)ccc1C. The molecule has 2 rings (SSSR count). The average Bonchev–Trinajstić information content (AvgIpc) is 2.49. The summed E-state index contributed by atoms with van der Waals surface area (Å²) in [6, 6.07) is 12.0. The van der Waals surface area contributed by atoms with Crippen LogP contribution in [0.5, 0.6) is 17.2 Å². The van der Waals surface area contributed by atoms with Gasteiger partial charge in [-0.3, -0.25) is 0 Å². The largest absolute Gasteiger partial charge is 0.496 e. The molecular weight excluding hydrogens is 330 g/mol. The van der Waals surface area contributed by atoms with Gasteiger partial charge in [-0.25, -0.2) is 0 Å². The third kappa shape index (κ3) is 3.57. The topological polar surface area (TPSA) is 30.5 Å². The molecule has 0 spiro atoms. The van der Waals surface area contributed by atoms with Crippen molar-refractivity contribution in [3.63, 3.8) is 0 Å². The molecule has 4 heteroatoms. The Morgan fingerprint density at radius 1 is 1.10 bits per heavy atom. The number of halogens is 1. The van der Waals surface area contributed by atoms with E-state index in [0.717, 1.165) is 32.8 Å². The Kier molecular flexibility index (Phi) is 5.26. The fourth-order valence-corrected chi connectivity index (χ4v) is 2.50. The van der Waals surface area contributed by atoms with Crippen LogP contribution in [0.1, 0.15) is 24.1 Å². The molecule has 0 saturated carbocycles. The average molecular weight is 350 g/mol. The molecule has 1 atom stereocenters. The van der Waals surface area contributed by atoms with Crippen molar-refractivity contribution in [3.8, 4) is 17.2 Å². The highest BCUT2D eigenvalue weighted by atomic mass is 79.9. The van der Waals surface area contributed by atoms with Crippen molar-refractivity contribution in [3.05, 3.63) is 52.0 Å². The van der Waals surface area contributed by atoms with Crippen molar-refractivity contribution in [2.75, 3.05) is 14.2 Å². The molecule has 0 heterocycles. The van der Waals surface area contributed by atoms with E-state index >= 15 is 0 Å². The van der Waals surface area contributed by atoms with Gasteiger partial charge in [0.05, 0.1) is 12.7 Å². The molecule has 3 nitrogen and oxygen atoms in total. The first-order valence-corrected chi connectivity index (χ1v) is 7.64. The molecule has 0 bridgehead atoms. The van der Waals surface area contributed by atoms with Crippen molar-refractivity contribution < 1.29 is 9.47 Å². The van der Waals surface area contributed by atoms with Gasteiger partial charge in [-0.15, -0.1) is 0 Å². The standard InChI is InChI=1S/C17H20BrNO2/c1-11-8-9-13(18)10-16(11)21-15-7-5-6-14(20-4)17(15)12(2)19-3/h5-10,12,19H,1-4H3. The predicted octanol–water partition coefficient (Wildman–Crippen LogP) is 4.84. The Morgan fingerprint density at radius 2 is 1.81 bits per heavy atom. The smallest absolute Gasteiger partial charge is 0.135 e. The molecule has 0 aliphatic heterocycles. The van der Waals surface area contributed by atoms with E-state index < -0.39 is 0 Å². The summed E-state index contributed by atoms with van der Waals surface area (Å²) >= 11 is 3.48. The summed E-state index contributed by atoms with van der Waals surface area (Å²) in [7, 11) is 3.60. The van der Waals surface area contributed by atoms with Crippen LogP contribution in [-0.4, -0.2) is 14.2 Å². The quantitative estimate of drug-likeness (QED) is 0.837. The molecule has 0 saturated heterocycles. The van der Waals surface area contributed by atoms with Gasteiger partial charge >= 0.3 is 0 Å². The molecule has 2 aromatic carbocycles. The number of aryl methyl sites for hydroxylation is 1. The fourth-order valence-electron chi connectivity index (χ4n) is 2.16. The van der Waals surface area contributed by atoms with Gasteiger partial charge < -0.3 is 14.8 Å². The Morgan fingerprint density at radius 3 is 2.48 bits per heavy atom. The van der Waals surface area contributed by atoms with Gasteiger partial charge in [0.15, 0.2) is 0 Å². The minimum absolute atomic E-state index is 0.128. The highest BCUT2D eigenvalue weighted by Gasteiger charge is 2.17. The first kappa shape index (κ1) is 15.9. The first-order valence-electron chi connectivity index (χ1n) is 6.85. The summed E-state index contributed by atoms with van der Waals surface area (Å²) in [5.41, 5.74) is 2.10. The van der Waals surface area contributed by atoms with Crippen LogP contribution in [0.4, 0.5) is 0 Å². The second-order valence-electron chi connectivity index (χ2n) is 4.89. The van der Waals surface area contributed by atoms with Crippen LogP contribution < -0.4 is 14.8 Å². The molecular formula is C17H20BrNO2. The van der Waals surface area contributed by atoms with E-state index in [1.165, 1.54) is 0 Å². The molecule has 0 aliphatic carbocycles. The molecule has 1 N–H and O–H groups in total. The highest BCUT2D eigenvalue weighted by molar-refractivity contribution is 9.10. The highest BCUT2D eigenvalue weighted by Crippen LogP contribution is 2.37. The molecule has 112 valence electrons. The van der Waals surface area contributed by atoms with E-state index in [1.807, 2.05) is 50.4 Å². The molecule has 0 amide bonds. The zero-order chi connectivity index (χ0) is 15.4. The maximum atomic E-state index is 6.14. The lowest BCUT2D eigenvalue weighted by molar-refractivity contribution is 0.392. The molecule has 21 heavy (non-hydrogen) atoms. The number of ether oxygens (including phenoxy) is 2. The zero-order valence-corrected chi connectivity index (χ0v) is 14.3. The van der Waals surface area contributed by atoms with Crippen molar-refractivity contribution >= 4 is 15.9 Å². The van der Waals surface area contributed by atoms with E-state index in [1.54, 1.807) is 7.11 Å². The summed E-state index contributed by atoms with van der Waals surface area (Å²) in [6.45, 7) is 4.11. The maximum absolute atomic E-state index is 6.14. The summed E-state index contributed by atoms with van der Waals surface area (Å²) in [5, 5.41) is 3.24. The van der Waals surface area contributed by atoms with Crippen LogP contribution in [0, 0.1) is 6.92 Å². The Hall–Kier alpha value is -1.52. The van der Waals surface area contributed by atoms with E-state index in [0.29, 0.717) is 0 Å². The number of benzene rings is 2. The van der Waals surface area contributed by atoms with Gasteiger partial charge in [0.25, 0.3) is 0 Å². The van der Waals surface area contributed by atoms with Gasteiger partial charge in [0.1, 0.15) is 17.2 Å². The van der Waals surface area contributed by atoms with E-state index in [-0.39, 0.29) is 6.04 Å². The van der Waals surface area contributed by atoms with Crippen LogP contribution in [0.25, 0.3) is 0 Å². The number of hydrogen-bond acceptors (Lipinski definition) is 3. The van der Waals surface area contributed by atoms with E-state index in [2.05, 4.69) is 28.2 Å². The van der Waals surface area contributed by atoms with Gasteiger partial charge in [-0.2, -0.15) is 0 Å². The lowest BCUT2D eigenvalue weighted by Gasteiger charge is -2.20. The summed E-state index contributed by atoms with van der Waals surface area (Å²) in [5.74, 6) is 2.46.